The molecule has 1 aliphatic rings. The van der Waals surface area contributed by atoms with E-state index in [9.17, 15) is 4.79 Å². The van der Waals surface area contributed by atoms with Crippen molar-refractivity contribution in [2.75, 3.05) is 6.54 Å². The number of carbonyl (C=O) groups excluding carboxylic acids is 1. The molecule has 0 bridgehead atoms. The van der Waals surface area contributed by atoms with Gasteiger partial charge in [0.15, 0.2) is 11.6 Å². The third-order valence-corrected chi connectivity index (χ3v) is 4.56. The number of imidazole rings is 1. The first-order valence-electron chi connectivity index (χ1n) is 8.80. The zero-order valence-corrected chi connectivity index (χ0v) is 14.6. The molecule has 1 N–H and O–H groups in total. The molecule has 0 spiro atoms. The standard InChI is InChI=1S/C19H20N6O/c1-13-12-15(17-21-9-10-22-17)24-18(23-13)16-7-3-5-11-25(16)19(26)14-6-2-4-8-20-14/h2,4,6,8-10,12,16H,3,5,7,11H2,1H3,(H,21,22)/t16-/m0/s1. The predicted molar refractivity (Wildman–Crippen MR) is 96.2 cm³/mol. The minimum Gasteiger partial charge on any atom is -0.343 e. The van der Waals surface area contributed by atoms with E-state index < -0.39 is 0 Å². The van der Waals surface area contributed by atoms with Crippen molar-refractivity contribution >= 4 is 5.91 Å². The molecule has 4 heterocycles. The molecule has 0 unspecified atom stereocenters. The number of carbonyl (C=O) groups is 1. The molecule has 0 aliphatic carbocycles. The fourth-order valence-corrected chi connectivity index (χ4v) is 3.35. The maximum absolute atomic E-state index is 13.0. The Labute approximate surface area is 151 Å². The van der Waals surface area contributed by atoms with Gasteiger partial charge in [0.2, 0.25) is 0 Å². The average molecular weight is 348 g/mol. The van der Waals surface area contributed by atoms with Gasteiger partial charge in [0.25, 0.3) is 5.91 Å². The number of hydrogen-bond acceptors (Lipinski definition) is 5. The van der Waals surface area contributed by atoms with Crippen molar-refractivity contribution in [3.63, 3.8) is 0 Å². The highest BCUT2D eigenvalue weighted by molar-refractivity contribution is 5.92. The molecule has 7 nitrogen and oxygen atoms in total. The topological polar surface area (TPSA) is 87.7 Å². The van der Waals surface area contributed by atoms with Crippen LogP contribution in [0.4, 0.5) is 0 Å². The smallest absolute Gasteiger partial charge is 0.273 e. The number of likely N-dealkylation sites (tertiary alicyclic amines) is 1. The van der Waals surface area contributed by atoms with Crippen LogP contribution in [0.3, 0.4) is 0 Å². The van der Waals surface area contributed by atoms with Gasteiger partial charge < -0.3 is 9.88 Å². The number of aryl methyl sites for hydroxylation is 1. The van der Waals surface area contributed by atoms with Crippen molar-refractivity contribution in [2.45, 2.75) is 32.2 Å². The maximum Gasteiger partial charge on any atom is 0.273 e. The van der Waals surface area contributed by atoms with Gasteiger partial charge in [-0.3, -0.25) is 9.78 Å². The highest BCUT2D eigenvalue weighted by Crippen LogP contribution is 2.31. The first kappa shape index (κ1) is 16.4. The lowest BCUT2D eigenvalue weighted by molar-refractivity contribution is 0.0593. The zero-order valence-electron chi connectivity index (χ0n) is 14.6. The van der Waals surface area contributed by atoms with Crippen LogP contribution in [0.2, 0.25) is 0 Å². The van der Waals surface area contributed by atoms with E-state index in [1.54, 1.807) is 24.7 Å². The molecule has 1 amide bonds. The van der Waals surface area contributed by atoms with Crippen molar-refractivity contribution < 1.29 is 4.79 Å². The molecule has 0 radical (unpaired) electrons. The van der Waals surface area contributed by atoms with Crippen molar-refractivity contribution in [3.8, 4) is 11.5 Å². The van der Waals surface area contributed by atoms with Crippen LogP contribution < -0.4 is 0 Å². The van der Waals surface area contributed by atoms with Crippen molar-refractivity contribution in [2.24, 2.45) is 0 Å². The number of rotatable bonds is 3. The molecule has 1 fully saturated rings. The number of aromatic amines is 1. The Balaban J connectivity index is 1.69. The second-order valence-corrected chi connectivity index (χ2v) is 6.42. The maximum atomic E-state index is 13.0. The van der Waals surface area contributed by atoms with Gasteiger partial charge in [-0.05, 0) is 44.4 Å². The second-order valence-electron chi connectivity index (χ2n) is 6.42. The molecule has 1 aliphatic heterocycles. The monoisotopic (exact) mass is 348 g/mol. The Morgan fingerprint density at radius 1 is 1.19 bits per heavy atom. The molecule has 7 heteroatoms. The van der Waals surface area contributed by atoms with E-state index in [2.05, 4.69) is 19.9 Å². The third kappa shape index (κ3) is 3.20. The van der Waals surface area contributed by atoms with E-state index in [0.29, 0.717) is 23.9 Å². The number of aromatic nitrogens is 5. The lowest BCUT2D eigenvalue weighted by Gasteiger charge is -2.34. The summed E-state index contributed by atoms with van der Waals surface area (Å²) in [6.45, 7) is 2.62. The molecule has 3 aromatic rings. The van der Waals surface area contributed by atoms with Gasteiger partial charge in [0.1, 0.15) is 11.4 Å². The molecular formula is C19H20N6O. The van der Waals surface area contributed by atoms with Crippen LogP contribution in [0.15, 0.2) is 42.9 Å². The van der Waals surface area contributed by atoms with Gasteiger partial charge in [0, 0.05) is 30.8 Å². The molecule has 3 aromatic heterocycles. The Kier molecular flexibility index (Phi) is 4.43. The van der Waals surface area contributed by atoms with Crippen LogP contribution in [0, 0.1) is 6.92 Å². The molecule has 1 atom stereocenters. The molecule has 4 rings (SSSR count). The number of H-pyrrole nitrogens is 1. The number of amides is 1. The summed E-state index contributed by atoms with van der Waals surface area (Å²) >= 11 is 0. The SMILES string of the molecule is Cc1cc(-c2ncc[nH]2)nc([C@@H]2CCCCN2C(=O)c2ccccn2)n1. The Morgan fingerprint density at radius 2 is 2.12 bits per heavy atom. The summed E-state index contributed by atoms with van der Waals surface area (Å²) in [4.78, 5) is 35.7. The van der Waals surface area contributed by atoms with Gasteiger partial charge in [0.05, 0.1) is 6.04 Å². The summed E-state index contributed by atoms with van der Waals surface area (Å²) in [6.07, 6.45) is 7.98. The largest absolute Gasteiger partial charge is 0.343 e. The molecule has 0 aromatic carbocycles. The summed E-state index contributed by atoms with van der Waals surface area (Å²) in [5, 5.41) is 0. The van der Waals surface area contributed by atoms with E-state index in [1.165, 1.54) is 0 Å². The van der Waals surface area contributed by atoms with E-state index in [0.717, 1.165) is 30.7 Å². The molecular weight excluding hydrogens is 328 g/mol. The first-order chi connectivity index (χ1) is 12.7. The molecule has 1 saturated heterocycles. The first-order valence-corrected chi connectivity index (χ1v) is 8.80. The second kappa shape index (κ2) is 7.03. The minimum atomic E-state index is -0.146. The Morgan fingerprint density at radius 3 is 2.88 bits per heavy atom. The Hall–Kier alpha value is -3.09. The number of piperidine rings is 1. The lowest BCUT2D eigenvalue weighted by Crippen LogP contribution is -2.39. The fourth-order valence-electron chi connectivity index (χ4n) is 3.35. The number of nitrogens with zero attached hydrogens (tertiary/aromatic N) is 5. The summed E-state index contributed by atoms with van der Waals surface area (Å²) in [5.74, 6) is 1.30. The quantitative estimate of drug-likeness (QED) is 0.786. The van der Waals surface area contributed by atoms with Crippen LogP contribution in [-0.2, 0) is 0 Å². The third-order valence-electron chi connectivity index (χ3n) is 4.56. The summed E-state index contributed by atoms with van der Waals surface area (Å²) < 4.78 is 0. The van der Waals surface area contributed by atoms with Crippen molar-refractivity contribution in [1.29, 1.82) is 0 Å². The molecule has 132 valence electrons. The summed E-state index contributed by atoms with van der Waals surface area (Å²) in [6, 6.07) is 7.14. The van der Waals surface area contributed by atoms with Crippen LogP contribution in [0.1, 0.15) is 47.3 Å². The fraction of sp³-hybridized carbons (Fsp3) is 0.316. The van der Waals surface area contributed by atoms with E-state index in [4.69, 9.17) is 4.98 Å². The lowest BCUT2D eigenvalue weighted by atomic mass is 10.0. The molecule has 26 heavy (non-hydrogen) atoms. The van der Waals surface area contributed by atoms with Crippen LogP contribution in [0.5, 0.6) is 0 Å². The van der Waals surface area contributed by atoms with Gasteiger partial charge >= 0.3 is 0 Å². The van der Waals surface area contributed by atoms with Crippen molar-refractivity contribution in [1.82, 2.24) is 29.8 Å². The zero-order chi connectivity index (χ0) is 17.9. The number of nitrogens with one attached hydrogen (secondary N) is 1. The van der Waals surface area contributed by atoms with Crippen molar-refractivity contribution in [3.05, 3.63) is 60.1 Å². The van der Waals surface area contributed by atoms with E-state index >= 15 is 0 Å². The van der Waals surface area contributed by atoms with Gasteiger partial charge in [-0.25, -0.2) is 15.0 Å². The van der Waals surface area contributed by atoms with Crippen LogP contribution in [-0.4, -0.2) is 42.3 Å². The summed E-state index contributed by atoms with van der Waals surface area (Å²) in [5.41, 5.74) is 2.06. The molecule has 0 saturated carbocycles. The van der Waals surface area contributed by atoms with Crippen LogP contribution in [0.25, 0.3) is 11.5 Å². The highest BCUT2D eigenvalue weighted by atomic mass is 16.2. The van der Waals surface area contributed by atoms with Crippen LogP contribution >= 0.6 is 0 Å². The van der Waals surface area contributed by atoms with Gasteiger partial charge in [-0.15, -0.1) is 0 Å². The minimum absolute atomic E-state index is 0.0695. The van der Waals surface area contributed by atoms with Gasteiger partial charge in [-0.2, -0.15) is 0 Å². The number of hydrogen-bond donors (Lipinski definition) is 1. The summed E-state index contributed by atoms with van der Waals surface area (Å²) in [7, 11) is 0. The number of pyridine rings is 1. The normalized spacial score (nSPS) is 17.3. The highest BCUT2D eigenvalue weighted by Gasteiger charge is 2.31. The van der Waals surface area contributed by atoms with E-state index in [1.807, 2.05) is 30.0 Å². The Bertz CT molecular complexity index is 894. The van der Waals surface area contributed by atoms with Gasteiger partial charge in [-0.1, -0.05) is 6.07 Å². The van der Waals surface area contributed by atoms with E-state index in [-0.39, 0.29) is 11.9 Å². The predicted octanol–water partition coefficient (Wildman–Crippen LogP) is 2.94. The average Bonchev–Trinajstić information content (AvgIpc) is 3.22.